The number of ether oxygens (including phenoxy) is 3. The summed E-state index contributed by atoms with van der Waals surface area (Å²) in [5, 5.41) is 18.7. The highest BCUT2D eigenvalue weighted by molar-refractivity contribution is 5.71. The van der Waals surface area contributed by atoms with Gasteiger partial charge in [-0.1, -0.05) is 41.5 Å². The molecule has 3 atom stereocenters. The highest BCUT2D eigenvalue weighted by atomic mass is 16.5. The van der Waals surface area contributed by atoms with Crippen molar-refractivity contribution in [2.24, 2.45) is 17.3 Å². The summed E-state index contributed by atoms with van der Waals surface area (Å²) in [6, 6.07) is 0. The van der Waals surface area contributed by atoms with Crippen LogP contribution in [0.3, 0.4) is 0 Å². The van der Waals surface area contributed by atoms with Gasteiger partial charge in [-0.2, -0.15) is 0 Å². The number of esters is 1. The van der Waals surface area contributed by atoms with E-state index in [1.165, 1.54) is 0 Å². The molecule has 0 aromatic heterocycles. The first-order chi connectivity index (χ1) is 11.3. The molecule has 0 aromatic rings. The lowest BCUT2D eigenvalue weighted by atomic mass is 9.81. The maximum Gasteiger partial charge on any atom is 0.308 e. The maximum atomic E-state index is 11.3. The fraction of sp³-hybridized carbons (Fsp3) is 0.947. The largest absolute Gasteiger partial charge is 0.465 e. The van der Waals surface area contributed by atoms with Crippen LogP contribution < -0.4 is 0 Å². The molecule has 0 radical (unpaired) electrons. The third kappa shape index (κ3) is 14.2. The van der Waals surface area contributed by atoms with Gasteiger partial charge in [0, 0.05) is 12.5 Å². The summed E-state index contributed by atoms with van der Waals surface area (Å²) < 4.78 is 15.1. The molecule has 0 fully saturated rings. The normalized spacial score (nSPS) is 15.4. The van der Waals surface area contributed by atoms with Crippen LogP contribution >= 0.6 is 0 Å². The molecule has 0 aliphatic heterocycles. The number of carbonyl (C=O) groups is 1. The Hall–Kier alpha value is -0.690. The Kier molecular flexibility index (Phi) is 14.3. The second-order valence-electron chi connectivity index (χ2n) is 7.87. The van der Waals surface area contributed by atoms with Crippen molar-refractivity contribution in [3.05, 3.63) is 0 Å². The molecule has 0 amide bonds. The van der Waals surface area contributed by atoms with Crippen LogP contribution in [0.15, 0.2) is 0 Å². The molecule has 6 nitrogen and oxygen atoms in total. The molecule has 6 heteroatoms. The lowest BCUT2D eigenvalue weighted by Crippen LogP contribution is -2.38. The van der Waals surface area contributed by atoms with E-state index in [0.29, 0.717) is 13.2 Å². The minimum absolute atomic E-state index is 0.110. The summed E-state index contributed by atoms with van der Waals surface area (Å²) in [6.45, 7) is 16.1. The van der Waals surface area contributed by atoms with Gasteiger partial charge in [0.1, 0.15) is 0 Å². The first-order valence-corrected chi connectivity index (χ1v) is 8.98. The van der Waals surface area contributed by atoms with Gasteiger partial charge in [0.15, 0.2) is 0 Å². The van der Waals surface area contributed by atoms with Gasteiger partial charge in [-0.15, -0.1) is 0 Å². The number of rotatable bonds is 10. The van der Waals surface area contributed by atoms with Gasteiger partial charge >= 0.3 is 5.97 Å². The highest BCUT2D eigenvalue weighted by Gasteiger charge is 2.31. The number of methoxy groups -OCH3 is 1. The predicted molar refractivity (Wildman–Crippen MR) is 99.4 cm³/mol. The van der Waals surface area contributed by atoms with Crippen molar-refractivity contribution in [3.8, 4) is 0 Å². The average molecular weight is 365 g/mol. The Morgan fingerprint density at radius 1 is 1.00 bits per heavy atom. The zero-order valence-corrected chi connectivity index (χ0v) is 17.5. The molecule has 0 bridgehead atoms. The SMILES string of the molecule is CC(C)C(=O)OCC(C)(C)C(O)C(C)C.COC(C)COCC(C)O. The molecule has 0 aromatic carbocycles. The Bertz CT molecular complexity index is 339. The Morgan fingerprint density at radius 2 is 1.52 bits per heavy atom. The second-order valence-corrected chi connectivity index (χ2v) is 7.87. The Labute approximate surface area is 153 Å². The number of aliphatic hydroxyl groups excluding tert-OH is 2. The Balaban J connectivity index is 0. The van der Waals surface area contributed by atoms with Crippen LogP contribution in [0.5, 0.6) is 0 Å². The summed E-state index contributed by atoms with van der Waals surface area (Å²) in [6.07, 6.45) is -0.736. The molecule has 25 heavy (non-hydrogen) atoms. The van der Waals surface area contributed by atoms with Gasteiger partial charge in [-0.3, -0.25) is 4.79 Å². The average Bonchev–Trinajstić information content (AvgIpc) is 2.51. The van der Waals surface area contributed by atoms with Gasteiger partial charge in [0.05, 0.1) is 44.1 Å². The first kappa shape index (κ1) is 26.5. The molecule has 0 spiro atoms. The van der Waals surface area contributed by atoms with Crippen LogP contribution in [0.2, 0.25) is 0 Å². The molecule has 2 N–H and O–H groups in total. The lowest BCUT2D eigenvalue weighted by molar-refractivity contribution is -0.153. The monoisotopic (exact) mass is 364 g/mol. The molecule has 0 aliphatic rings. The molecule has 0 aliphatic carbocycles. The molecule has 0 heterocycles. The zero-order valence-electron chi connectivity index (χ0n) is 17.5. The van der Waals surface area contributed by atoms with Gasteiger partial charge in [0.2, 0.25) is 0 Å². The van der Waals surface area contributed by atoms with Gasteiger partial charge in [-0.05, 0) is 19.8 Å². The van der Waals surface area contributed by atoms with E-state index in [-0.39, 0.29) is 36.6 Å². The Morgan fingerprint density at radius 3 is 1.88 bits per heavy atom. The van der Waals surface area contributed by atoms with E-state index in [1.807, 2.05) is 34.6 Å². The van der Waals surface area contributed by atoms with E-state index in [2.05, 4.69) is 0 Å². The number of hydrogen-bond acceptors (Lipinski definition) is 6. The van der Waals surface area contributed by atoms with Crippen molar-refractivity contribution in [1.29, 1.82) is 0 Å². The molecular formula is C19H40O6. The van der Waals surface area contributed by atoms with Crippen molar-refractivity contribution in [2.45, 2.75) is 73.7 Å². The van der Waals surface area contributed by atoms with Crippen LogP contribution in [-0.2, 0) is 19.0 Å². The summed E-state index contributed by atoms with van der Waals surface area (Å²) in [4.78, 5) is 11.3. The summed E-state index contributed by atoms with van der Waals surface area (Å²) in [5.74, 6) is -0.159. The molecule has 3 unspecified atom stereocenters. The van der Waals surface area contributed by atoms with E-state index < -0.39 is 11.5 Å². The minimum Gasteiger partial charge on any atom is -0.465 e. The van der Waals surface area contributed by atoms with Crippen LogP contribution in [0.25, 0.3) is 0 Å². The third-order valence-corrected chi connectivity index (χ3v) is 3.60. The van der Waals surface area contributed by atoms with Crippen LogP contribution in [0.4, 0.5) is 0 Å². The van der Waals surface area contributed by atoms with Gasteiger partial charge < -0.3 is 24.4 Å². The fourth-order valence-electron chi connectivity index (χ4n) is 1.88. The number of aliphatic hydroxyl groups is 2. The molecule has 0 rings (SSSR count). The minimum atomic E-state index is -0.461. The fourth-order valence-corrected chi connectivity index (χ4v) is 1.88. The van der Waals surface area contributed by atoms with Crippen molar-refractivity contribution in [2.75, 3.05) is 26.9 Å². The molecule has 0 saturated heterocycles. The van der Waals surface area contributed by atoms with Crippen molar-refractivity contribution in [1.82, 2.24) is 0 Å². The van der Waals surface area contributed by atoms with Crippen LogP contribution in [-0.4, -0.2) is 61.4 Å². The highest BCUT2D eigenvalue weighted by Crippen LogP contribution is 2.26. The van der Waals surface area contributed by atoms with Crippen molar-refractivity contribution < 1.29 is 29.2 Å². The summed E-state index contributed by atoms with van der Waals surface area (Å²) in [5.41, 5.74) is -0.390. The van der Waals surface area contributed by atoms with Crippen molar-refractivity contribution >= 4 is 5.97 Å². The topological polar surface area (TPSA) is 85.2 Å². The van der Waals surface area contributed by atoms with Gasteiger partial charge in [-0.25, -0.2) is 0 Å². The van der Waals surface area contributed by atoms with E-state index >= 15 is 0 Å². The van der Waals surface area contributed by atoms with E-state index in [4.69, 9.17) is 19.3 Å². The van der Waals surface area contributed by atoms with E-state index in [1.54, 1.807) is 27.9 Å². The maximum absolute atomic E-state index is 11.3. The summed E-state index contributed by atoms with van der Waals surface area (Å²) >= 11 is 0. The van der Waals surface area contributed by atoms with E-state index in [9.17, 15) is 9.90 Å². The first-order valence-electron chi connectivity index (χ1n) is 8.98. The van der Waals surface area contributed by atoms with Crippen LogP contribution in [0.1, 0.15) is 55.4 Å². The molecule has 0 saturated carbocycles. The zero-order chi connectivity index (χ0) is 20.2. The van der Waals surface area contributed by atoms with E-state index in [0.717, 1.165) is 0 Å². The quantitative estimate of drug-likeness (QED) is 0.580. The summed E-state index contributed by atoms with van der Waals surface area (Å²) in [7, 11) is 1.64. The third-order valence-electron chi connectivity index (χ3n) is 3.60. The lowest BCUT2D eigenvalue weighted by Gasteiger charge is -2.32. The van der Waals surface area contributed by atoms with Gasteiger partial charge in [0.25, 0.3) is 0 Å². The van der Waals surface area contributed by atoms with Crippen molar-refractivity contribution in [3.63, 3.8) is 0 Å². The second kappa shape index (κ2) is 13.5. The van der Waals surface area contributed by atoms with Crippen LogP contribution in [0, 0.1) is 17.3 Å². The predicted octanol–water partition coefficient (Wildman–Crippen LogP) is 2.65. The standard InChI is InChI=1S/C12H24O3.C7H16O3/c1-8(2)10(13)12(5,6)7-15-11(14)9(3)4;1-6(8)4-10-5-7(2)9-3/h8-10,13H,7H2,1-6H3;6-8H,4-5H2,1-3H3. The number of hydrogen-bond donors (Lipinski definition) is 2. The number of carbonyl (C=O) groups excluding carboxylic acids is 1. The molecule has 152 valence electrons. The molecular weight excluding hydrogens is 324 g/mol. The smallest absolute Gasteiger partial charge is 0.308 e.